The number of thioether (sulfide) groups is 1. The van der Waals surface area contributed by atoms with Gasteiger partial charge in [0.15, 0.2) is 5.16 Å². The lowest BCUT2D eigenvalue weighted by Crippen LogP contribution is -2.35. The van der Waals surface area contributed by atoms with Crippen LogP contribution >= 0.6 is 11.8 Å². The van der Waals surface area contributed by atoms with Gasteiger partial charge >= 0.3 is 0 Å². The van der Waals surface area contributed by atoms with E-state index in [1.165, 1.54) is 32.1 Å². The molecule has 1 atom stereocenters. The van der Waals surface area contributed by atoms with Gasteiger partial charge in [0.05, 0.1) is 16.3 Å². The minimum Gasteiger partial charge on any atom is -0.355 e. The first-order valence-corrected chi connectivity index (χ1v) is 9.96. The maximum atomic E-state index is 12.4. The predicted molar refractivity (Wildman–Crippen MR) is 100 cm³/mol. The third-order valence-corrected chi connectivity index (χ3v) is 5.97. The zero-order valence-corrected chi connectivity index (χ0v) is 15.4. The summed E-state index contributed by atoms with van der Waals surface area (Å²) in [5, 5.41) is 3.95. The summed E-state index contributed by atoms with van der Waals surface area (Å²) in [5.74, 6) is 0.792. The van der Waals surface area contributed by atoms with Crippen LogP contribution in [0.1, 0.15) is 46.0 Å². The summed E-state index contributed by atoms with van der Waals surface area (Å²) in [6.07, 6.45) is 6.49. The highest BCUT2D eigenvalue weighted by Gasteiger charge is 2.20. The number of fused-ring (bicyclic) bond motifs is 1. The fourth-order valence-corrected chi connectivity index (χ4v) is 4.45. The monoisotopic (exact) mass is 345 g/mol. The number of carbonyl (C=O) groups is 1. The molecule has 2 aromatic rings. The highest BCUT2D eigenvalue weighted by Crippen LogP contribution is 2.27. The zero-order valence-electron chi connectivity index (χ0n) is 14.6. The zero-order chi connectivity index (χ0) is 16.9. The minimum atomic E-state index is -0.129. The van der Waals surface area contributed by atoms with Crippen molar-refractivity contribution in [2.24, 2.45) is 5.92 Å². The Hall–Kier alpha value is -1.49. The molecule has 1 aliphatic rings. The third kappa shape index (κ3) is 3.94. The van der Waals surface area contributed by atoms with Gasteiger partial charge < -0.3 is 9.88 Å². The lowest BCUT2D eigenvalue weighted by molar-refractivity contribution is -0.120. The SMILES string of the molecule is CCn1c(SC(C)C(=O)NCC2CCCCC2)nc2ccccc21. The summed E-state index contributed by atoms with van der Waals surface area (Å²) in [7, 11) is 0. The fourth-order valence-electron chi connectivity index (χ4n) is 3.44. The summed E-state index contributed by atoms with van der Waals surface area (Å²) in [4.78, 5) is 17.1. The van der Waals surface area contributed by atoms with E-state index in [-0.39, 0.29) is 11.2 Å². The molecule has 1 fully saturated rings. The number of nitrogens with one attached hydrogen (secondary N) is 1. The Kier molecular flexibility index (Phi) is 5.82. The molecule has 1 N–H and O–H groups in total. The van der Waals surface area contributed by atoms with Crippen LogP contribution in [-0.4, -0.2) is 27.3 Å². The van der Waals surface area contributed by atoms with Gasteiger partial charge in [-0.1, -0.05) is 43.2 Å². The number of rotatable bonds is 6. The van der Waals surface area contributed by atoms with Gasteiger partial charge in [-0.05, 0) is 44.7 Å². The van der Waals surface area contributed by atoms with Gasteiger partial charge in [0, 0.05) is 13.1 Å². The van der Waals surface area contributed by atoms with Crippen LogP contribution < -0.4 is 5.32 Å². The Morgan fingerprint density at radius 2 is 2.08 bits per heavy atom. The predicted octanol–water partition coefficient (Wildman–Crippen LogP) is 4.23. The first kappa shape index (κ1) is 17.3. The lowest BCUT2D eigenvalue weighted by atomic mass is 9.89. The van der Waals surface area contributed by atoms with Crippen molar-refractivity contribution in [3.05, 3.63) is 24.3 Å². The van der Waals surface area contributed by atoms with E-state index in [0.29, 0.717) is 5.92 Å². The van der Waals surface area contributed by atoms with Crippen molar-refractivity contribution in [2.75, 3.05) is 6.54 Å². The minimum absolute atomic E-state index is 0.125. The van der Waals surface area contributed by atoms with E-state index in [9.17, 15) is 4.79 Å². The molecule has 24 heavy (non-hydrogen) atoms. The molecule has 3 rings (SSSR count). The Balaban J connectivity index is 1.61. The smallest absolute Gasteiger partial charge is 0.233 e. The van der Waals surface area contributed by atoms with Crippen LogP contribution in [-0.2, 0) is 11.3 Å². The number of aryl methyl sites for hydroxylation is 1. The van der Waals surface area contributed by atoms with Gasteiger partial charge in [-0.3, -0.25) is 4.79 Å². The quantitative estimate of drug-likeness (QED) is 0.797. The molecular formula is C19H27N3OS. The Labute approximate surface area is 148 Å². The topological polar surface area (TPSA) is 46.9 Å². The van der Waals surface area contributed by atoms with E-state index in [1.807, 2.05) is 25.1 Å². The maximum Gasteiger partial charge on any atom is 0.233 e. The average molecular weight is 346 g/mol. The number of aromatic nitrogens is 2. The second-order valence-corrected chi connectivity index (χ2v) is 7.94. The van der Waals surface area contributed by atoms with Crippen LogP contribution in [0.4, 0.5) is 0 Å². The molecule has 130 valence electrons. The summed E-state index contributed by atoms with van der Waals surface area (Å²) in [5.41, 5.74) is 2.13. The largest absolute Gasteiger partial charge is 0.355 e. The van der Waals surface area contributed by atoms with Crippen molar-refractivity contribution < 1.29 is 4.79 Å². The maximum absolute atomic E-state index is 12.4. The molecule has 1 aliphatic carbocycles. The van der Waals surface area contributed by atoms with Crippen molar-refractivity contribution in [3.8, 4) is 0 Å². The third-order valence-electron chi connectivity index (χ3n) is 4.88. The number of imidazole rings is 1. The number of hydrogen-bond acceptors (Lipinski definition) is 3. The highest BCUT2D eigenvalue weighted by molar-refractivity contribution is 8.00. The molecule has 1 aromatic heterocycles. The highest BCUT2D eigenvalue weighted by atomic mass is 32.2. The average Bonchev–Trinajstić information content (AvgIpc) is 2.97. The van der Waals surface area contributed by atoms with Crippen LogP contribution in [0.25, 0.3) is 11.0 Å². The van der Waals surface area contributed by atoms with Crippen molar-refractivity contribution in [2.45, 2.75) is 62.9 Å². The lowest BCUT2D eigenvalue weighted by Gasteiger charge is -2.22. The molecule has 1 aromatic carbocycles. The summed E-state index contributed by atoms with van der Waals surface area (Å²) in [6, 6.07) is 8.15. The van der Waals surface area contributed by atoms with E-state index < -0.39 is 0 Å². The molecule has 1 heterocycles. The molecule has 0 bridgehead atoms. The second kappa shape index (κ2) is 8.06. The second-order valence-electron chi connectivity index (χ2n) is 6.64. The number of amides is 1. The summed E-state index contributed by atoms with van der Waals surface area (Å²) < 4.78 is 2.19. The van der Waals surface area contributed by atoms with Crippen LogP contribution in [0, 0.1) is 5.92 Å². The van der Waals surface area contributed by atoms with Gasteiger partial charge in [-0.25, -0.2) is 4.98 Å². The molecule has 1 saturated carbocycles. The summed E-state index contributed by atoms with van der Waals surface area (Å²) in [6.45, 7) is 5.78. The number of benzene rings is 1. The fraction of sp³-hybridized carbons (Fsp3) is 0.579. The van der Waals surface area contributed by atoms with Gasteiger partial charge in [0.1, 0.15) is 0 Å². The van der Waals surface area contributed by atoms with Crippen LogP contribution in [0.2, 0.25) is 0 Å². The molecule has 1 unspecified atom stereocenters. The van der Waals surface area contributed by atoms with Gasteiger partial charge in [0.25, 0.3) is 0 Å². The molecule has 1 amide bonds. The Morgan fingerprint density at radius 3 is 2.83 bits per heavy atom. The molecule has 0 saturated heterocycles. The molecule has 0 spiro atoms. The molecule has 0 radical (unpaired) electrons. The normalized spacial score (nSPS) is 17.1. The van der Waals surface area contributed by atoms with Gasteiger partial charge in [-0.2, -0.15) is 0 Å². The first-order chi connectivity index (χ1) is 11.7. The number of nitrogens with zero attached hydrogens (tertiary/aromatic N) is 2. The van der Waals surface area contributed by atoms with Crippen molar-refractivity contribution >= 4 is 28.7 Å². The van der Waals surface area contributed by atoms with Gasteiger partial charge in [0.2, 0.25) is 5.91 Å². The van der Waals surface area contributed by atoms with E-state index in [1.54, 1.807) is 11.8 Å². The Morgan fingerprint density at radius 1 is 1.33 bits per heavy atom. The molecule has 5 heteroatoms. The van der Waals surface area contributed by atoms with Gasteiger partial charge in [-0.15, -0.1) is 0 Å². The Bertz CT molecular complexity index is 691. The standard InChI is InChI=1S/C19H27N3OS/c1-3-22-17-12-8-7-11-16(17)21-19(22)24-14(2)18(23)20-13-15-9-5-4-6-10-15/h7-8,11-12,14-15H,3-6,9-10,13H2,1-2H3,(H,20,23). The van der Waals surface area contributed by atoms with E-state index in [2.05, 4.69) is 22.9 Å². The molecule has 4 nitrogen and oxygen atoms in total. The molecular weight excluding hydrogens is 318 g/mol. The van der Waals surface area contributed by atoms with Crippen molar-refractivity contribution in [1.29, 1.82) is 0 Å². The van der Waals surface area contributed by atoms with E-state index in [4.69, 9.17) is 4.98 Å². The van der Waals surface area contributed by atoms with E-state index in [0.717, 1.165) is 29.3 Å². The van der Waals surface area contributed by atoms with Crippen molar-refractivity contribution in [1.82, 2.24) is 14.9 Å². The van der Waals surface area contributed by atoms with Crippen LogP contribution in [0.15, 0.2) is 29.4 Å². The molecule has 0 aliphatic heterocycles. The number of para-hydroxylation sites is 2. The van der Waals surface area contributed by atoms with E-state index >= 15 is 0 Å². The number of hydrogen-bond donors (Lipinski definition) is 1. The first-order valence-electron chi connectivity index (χ1n) is 9.08. The van der Waals surface area contributed by atoms with Crippen molar-refractivity contribution in [3.63, 3.8) is 0 Å². The summed E-state index contributed by atoms with van der Waals surface area (Å²) >= 11 is 1.56. The number of carbonyl (C=O) groups excluding carboxylic acids is 1. The van der Waals surface area contributed by atoms with Crippen LogP contribution in [0.3, 0.4) is 0 Å². The van der Waals surface area contributed by atoms with Crippen LogP contribution in [0.5, 0.6) is 0 Å².